The van der Waals surface area contributed by atoms with Crippen molar-refractivity contribution in [3.05, 3.63) is 30.1 Å². The number of nitrogens with one attached hydrogen (secondary N) is 1. The molecule has 1 N–H and O–H groups in total. The van der Waals surface area contributed by atoms with Crippen LogP contribution < -0.4 is 5.32 Å². The van der Waals surface area contributed by atoms with Gasteiger partial charge in [0.25, 0.3) is 0 Å². The van der Waals surface area contributed by atoms with Crippen LogP contribution in [0.4, 0.5) is 0 Å². The number of hydrogen-bond donors (Lipinski definition) is 1. The molecule has 1 saturated heterocycles. The monoisotopic (exact) mass is 305 g/mol. The third kappa shape index (κ3) is 4.52. The zero-order valence-electron chi connectivity index (χ0n) is 13.8. The minimum atomic E-state index is -0.563. The van der Waals surface area contributed by atoms with Crippen molar-refractivity contribution in [2.24, 2.45) is 5.92 Å². The van der Waals surface area contributed by atoms with Crippen LogP contribution in [0.15, 0.2) is 24.5 Å². The van der Waals surface area contributed by atoms with Crippen molar-refractivity contribution in [3.8, 4) is 0 Å². The molecule has 1 aliphatic rings. The molecule has 1 atom stereocenters. The predicted molar refractivity (Wildman–Crippen MR) is 86.7 cm³/mol. The van der Waals surface area contributed by atoms with Gasteiger partial charge in [0.15, 0.2) is 0 Å². The van der Waals surface area contributed by atoms with Gasteiger partial charge in [-0.2, -0.15) is 0 Å². The summed E-state index contributed by atoms with van der Waals surface area (Å²) in [4.78, 5) is 19.0. The first kappa shape index (κ1) is 16.9. The summed E-state index contributed by atoms with van der Waals surface area (Å²) < 4.78 is 5.36. The van der Waals surface area contributed by atoms with Crippen LogP contribution >= 0.6 is 0 Å². The van der Waals surface area contributed by atoms with Crippen molar-refractivity contribution in [3.63, 3.8) is 0 Å². The van der Waals surface area contributed by atoms with E-state index in [1.165, 1.54) is 0 Å². The molecule has 22 heavy (non-hydrogen) atoms. The molecule has 1 aromatic rings. The lowest BCUT2D eigenvalue weighted by Crippen LogP contribution is -2.45. The predicted octanol–water partition coefficient (Wildman–Crippen LogP) is 1.44. The molecule has 122 valence electrons. The quantitative estimate of drug-likeness (QED) is 0.864. The van der Waals surface area contributed by atoms with Crippen molar-refractivity contribution in [1.29, 1.82) is 0 Å². The van der Waals surface area contributed by atoms with Gasteiger partial charge in [-0.1, -0.05) is 13.0 Å². The molecule has 1 amide bonds. The average molecular weight is 305 g/mol. The molecule has 0 spiro atoms. The molecule has 2 rings (SSSR count). The Balaban J connectivity index is 1.81. The van der Waals surface area contributed by atoms with Crippen LogP contribution in [0.2, 0.25) is 0 Å². The van der Waals surface area contributed by atoms with Gasteiger partial charge in [-0.15, -0.1) is 0 Å². The van der Waals surface area contributed by atoms with Gasteiger partial charge in [-0.3, -0.25) is 14.7 Å². The van der Waals surface area contributed by atoms with Gasteiger partial charge < -0.3 is 10.1 Å². The van der Waals surface area contributed by atoms with E-state index in [0.717, 1.165) is 38.4 Å². The number of carbonyl (C=O) groups is 1. The van der Waals surface area contributed by atoms with E-state index in [-0.39, 0.29) is 5.91 Å². The molecular formula is C17H27N3O2. The minimum absolute atomic E-state index is 0.0503. The number of carbonyl (C=O) groups excluding carboxylic acids is 1. The van der Waals surface area contributed by atoms with E-state index in [9.17, 15) is 4.79 Å². The van der Waals surface area contributed by atoms with Gasteiger partial charge in [0, 0.05) is 38.6 Å². The summed E-state index contributed by atoms with van der Waals surface area (Å²) in [7, 11) is 0. The Kier molecular flexibility index (Phi) is 5.91. The largest absolute Gasteiger partial charge is 0.379 e. The normalized spacial score (nSPS) is 18.0. The third-order valence-electron chi connectivity index (χ3n) is 4.24. The van der Waals surface area contributed by atoms with Crippen LogP contribution in [-0.2, 0) is 14.9 Å². The SMILES string of the molecule is C[C@@H](CNC(=O)C(C)(C)c1cccnc1)CN1CCOCC1. The zero-order valence-corrected chi connectivity index (χ0v) is 13.8. The number of morpholine rings is 1. The Morgan fingerprint density at radius 2 is 2.18 bits per heavy atom. The summed E-state index contributed by atoms with van der Waals surface area (Å²) in [5.74, 6) is 0.473. The van der Waals surface area contributed by atoms with Crippen molar-refractivity contribution < 1.29 is 9.53 Å². The highest BCUT2D eigenvalue weighted by Gasteiger charge is 2.30. The molecule has 0 aliphatic carbocycles. The Morgan fingerprint density at radius 3 is 2.82 bits per heavy atom. The fraction of sp³-hybridized carbons (Fsp3) is 0.647. The molecule has 1 aromatic heterocycles. The van der Waals surface area contributed by atoms with Gasteiger partial charge in [0.2, 0.25) is 5.91 Å². The van der Waals surface area contributed by atoms with Crippen LogP contribution in [0, 0.1) is 5.92 Å². The summed E-state index contributed by atoms with van der Waals surface area (Å²) in [6.07, 6.45) is 3.48. The van der Waals surface area contributed by atoms with Crippen LogP contribution in [0.5, 0.6) is 0 Å². The van der Waals surface area contributed by atoms with E-state index in [1.807, 2.05) is 26.0 Å². The van der Waals surface area contributed by atoms with Crippen molar-refractivity contribution >= 4 is 5.91 Å². The molecule has 0 bridgehead atoms. The number of rotatable bonds is 6. The Hall–Kier alpha value is -1.46. The third-order valence-corrected chi connectivity index (χ3v) is 4.24. The molecule has 5 heteroatoms. The van der Waals surface area contributed by atoms with E-state index in [0.29, 0.717) is 12.5 Å². The second-order valence-corrected chi connectivity index (χ2v) is 6.59. The van der Waals surface area contributed by atoms with E-state index in [1.54, 1.807) is 12.4 Å². The van der Waals surface area contributed by atoms with Crippen LogP contribution in [0.3, 0.4) is 0 Å². The van der Waals surface area contributed by atoms with Gasteiger partial charge in [-0.25, -0.2) is 0 Å². The molecule has 1 aliphatic heterocycles. The fourth-order valence-electron chi connectivity index (χ4n) is 2.64. The van der Waals surface area contributed by atoms with Crippen molar-refractivity contribution in [1.82, 2.24) is 15.2 Å². The van der Waals surface area contributed by atoms with E-state index < -0.39 is 5.41 Å². The van der Waals surface area contributed by atoms with E-state index >= 15 is 0 Å². The standard InChI is InChI=1S/C17H27N3O2/c1-14(13-20-7-9-22-10-8-20)11-19-16(21)17(2,3)15-5-4-6-18-12-15/h4-6,12,14H,7-11,13H2,1-3H3,(H,19,21)/t14-/m0/s1. The summed E-state index contributed by atoms with van der Waals surface area (Å²) in [6.45, 7) is 11.3. The Labute approximate surface area is 133 Å². The smallest absolute Gasteiger partial charge is 0.230 e. The lowest BCUT2D eigenvalue weighted by molar-refractivity contribution is -0.125. The Morgan fingerprint density at radius 1 is 1.45 bits per heavy atom. The zero-order chi connectivity index (χ0) is 16.0. The summed E-state index contributed by atoms with van der Waals surface area (Å²) in [5, 5.41) is 3.09. The van der Waals surface area contributed by atoms with Crippen LogP contribution in [-0.4, -0.2) is 55.2 Å². The second-order valence-electron chi connectivity index (χ2n) is 6.59. The lowest BCUT2D eigenvalue weighted by atomic mass is 9.84. The first-order chi connectivity index (χ1) is 10.5. The number of pyridine rings is 1. The number of ether oxygens (including phenoxy) is 1. The average Bonchev–Trinajstić information content (AvgIpc) is 2.54. The van der Waals surface area contributed by atoms with Crippen molar-refractivity contribution in [2.75, 3.05) is 39.4 Å². The first-order valence-corrected chi connectivity index (χ1v) is 7.99. The molecular weight excluding hydrogens is 278 g/mol. The van der Waals surface area contributed by atoms with Crippen LogP contribution in [0.1, 0.15) is 26.3 Å². The molecule has 0 radical (unpaired) electrons. The van der Waals surface area contributed by atoms with Gasteiger partial charge >= 0.3 is 0 Å². The molecule has 0 saturated carbocycles. The maximum atomic E-state index is 12.5. The topological polar surface area (TPSA) is 54.5 Å². The molecule has 0 unspecified atom stereocenters. The number of nitrogens with zero attached hydrogens (tertiary/aromatic N) is 2. The maximum absolute atomic E-state index is 12.5. The molecule has 5 nitrogen and oxygen atoms in total. The number of hydrogen-bond acceptors (Lipinski definition) is 4. The highest BCUT2D eigenvalue weighted by Crippen LogP contribution is 2.22. The van der Waals surface area contributed by atoms with E-state index in [2.05, 4.69) is 22.1 Å². The molecule has 2 heterocycles. The van der Waals surface area contributed by atoms with Crippen LogP contribution in [0.25, 0.3) is 0 Å². The Bertz CT molecular complexity index is 470. The molecule has 0 aromatic carbocycles. The molecule has 1 fully saturated rings. The maximum Gasteiger partial charge on any atom is 0.230 e. The van der Waals surface area contributed by atoms with E-state index in [4.69, 9.17) is 4.74 Å². The lowest BCUT2D eigenvalue weighted by Gasteiger charge is -2.30. The fourth-order valence-corrected chi connectivity index (χ4v) is 2.64. The minimum Gasteiger partial charge on any atom is -0.379 e. The highest BCUT2D eigenvalue weighted by molar-refractivity contribution is 5.87. The summed E-state index contributed by atoms with van der Waals surface area (Å²) in [6, 6.07) is 3.81. The number of amides is 1. The van der Waals surface area contributed by atoms with Gasteiger partial charge in [-0.05, 0) is 31.4 Å². The first-order valence-electron chi connectivity index (χ1n) is 7.99. The summed E-state index contributed by atoms with van der Waals surface area (Å²) in [5.41, 5.74) is 0.376. The van der Waals surface area contributed by atoms with Gasteiger partial charge in [0.05, 0.1) is 18.6 Å². The van der Waals surface area contributed by atoms with Gasteiger partial charge in [0.1, 0.15) is 0 Å². The second kappa shape index (κ2) is 7.70. The number of aromatic nitrogens is 1. The summed E-state index contributed by atoms with van der Waals surface area (Å²) >= 11 is 0. The highest BCUT2D eigenvalue weighted by atomic mass is 16.5. The van der Waals surface area contributed by atoms with Crippen molar-refractivity contribution in [2.45, 2.75) is 26.2 Å².